The van der Waals surface area contributed by atoms with Crippen LogP contribution in [0.5, 0.6) is 11.6 Å². The Morgan fingerprint density at radius 3 is 2.39 bits per heavy atom. The number of benzene rings is 1. The third kappa shape index (κ3) is 2.72. The first kappa shape index (κ1) is 12.7. The number of ether oxygens (including phenoxy) is 1. The van der Waals surface area contributed by atoms with Crippen molar-refractivity contribution in [2.45, 2.75) is 0 Å². The molecule has 0 bridgehead atoms. The second-order valence-corrected chi connectivity index (χ2v) is 4.20. The molecule has 0 fully saturated rings. The average molecular weight is 283 g/mol. The molecule has 0 radical (unpaired) electrons. The lowest BCUT2D eigenvalue weighted by atomic mass is 10.3. The van der Waals surface area contributed by atoms with E-state index in [4.69, 9.17) is 27.9 Å². The Morgan fingerprint density at radius 1 is 1.22 bits per heavy atom. The van der Waals surface area contributed by atoms with Gasteiger partial charge in [-0.15, -0.1) is 0 Å². The minimum atomic E-state index is 0.215. The van der Waals surface area contributed by atoms with Crippen molar-refractivity contribution in [1.29, 1.82) is 0 Å². The molecule has 0 unspecified atom stereocenters. The van der Waals surface area contributed by atoms with E-state index in [-0.39, 0.29) is 21.5 Å². The van der Waals surface area contributed by atoms with Crippen molar-refractivity contribution in [1.82, 2.24) is 4.98 Å². The van der Waals surface area contributed by atoms with Gasteiger partial charge in [-0.1, -0.05) is 29.3 Å². The maximum atomic E-state index is 11.1. The highest BCUT2D eigenvalue weighted by atomic mass is 35.5. The van der Waals surface area contributed by atoms with E-state index in [1.807, 2.05) is 0 Å². The summed E-state index contributed by atoms with van der Waals surface area (Å²) in [5, 5.41) is 11.5. The number of nitrogens with zero attached hydrogens (tertiary/aromatic N) is 2. The molecule has 1 aromatic heterocycles. The second kappa shape index (κ2) is 5.25. The van der Waals surface area contributed by atoms with Crippen LogP contribution in [0, 0.1) is 5.21 Å². The van der Waals surface area contributed by atoms with E-state index >= 15 is 0 Å². The summed E-state index contributed by atoms with van der Waals surface area (Å²) in [4.78, 5) is 3.99. The molecule has 4 nitrogen and oxygen atoms in total. The van der Waals surface area contributed by atoms with E-state index in [0.717, 1.165) is 0 Å². The molecule has 6 heteroatoms. The Balaban J connectivity index is 2.37. The first-order chi connectivity index (χ1) is 8.58. The Bertz CT molecular complexity index is 565. The van der Waals surface area contributed by atoms with E-state index < -0.39 is 0 Å². The first-order valence-corrected chi connectivity index (χ1v) is 5.69. The van der Waals surface area contributed by atoms with Crippen LogP contribution in [-0.2, 0) is 0 Å². The van der Waals surface area contributed by atoms with E-state index in [9.17, 15) is 5.21 Å². The Kier molecular flexibility index (Phi) is 3.69. The van der Waals surface area contributed by atoms with Crippen LogP contribution in [0.2, 0.25) is 10.0 Å². The van der Waals surface area contributed by atoms with Crippen molar-refractivity contribution in [3.8, 4) is 11.6 Å². The smallest absolute Gasteiger partial charge is 0.219 e. The molecule has 0 aliphatic rings. The van der Waals surface area contributed by atoms with Crippen LogP contribution in [-0.4, -0.2) is 16.4 Å². The van der Waals surface area contributed by atoms with Gasteiger partial charge in [-0.05, 0) is 6.07 Å². The Hall–Kier alpha value is -1.78. The molecule has 0 aliphatic carbocycles. The van der Waals surface area contributed by atoms with Gasteiger partial charge in [0.2, 0.25) is 11.6 Å². The number of pyridine rings is 1. The van der Waals surface area contributed by atoms with E-state index in [2.05, 4.69) is 11.7 Å². The zero-order chi connectivity index (χ0) is 13.1. The molecule has 0 saturated heterocycles. The van der Waals surface area contributed by atoms with Gasteiger partial charge >= 0.3 is 0 Å². The molecule has 18 heavy (non-hydrogen) atoms. The summed E-state index contributed by atoms with van der Waals surface area (Å²) in [7, 11) is 0. The maximum Gasteiger partial charge on any atom is 0.219 e. The summed E-state index contributed by atoms with van der Waals surface area (Å²) in [6.45, 7) is 3.21. The second-order valence-electron chi connectivity index (χ2n) is 3.39. The fourth-order valence-electron chi connectivity index (χ4n) is 1.30. The molecule has 2 rings (SSSR count). The Morgan fingerprint density at radius 2 is 1.89 bits per heavy atom. The largest absolute Gasteiger partial charge is 0.619 e. The normalized spacial score (nSPS) is 10.1. The SMILES string of the molecule is C=[N+]([O-])c1cc(Cl)c(Oc2ccccn2)c(Cl)c1. The number of halogens is 2. The molecule has 0 spiro atoms. The van der Waals surface area contributed by atoms with Crippen molar-refractivity contribution < 1.29 is 9.48 Å². The zero-order valence-corrected chi connectivity index (χ0v) is 10.6. The number of hydrogen-bond donors (Lipinski definition) is 0. The number of hydrogen-bond acceptors (Lipinski definition) is 3. The van der Waals surface area contributed by atoms with Gasteiger partial charge in [0.1, 0.15) is 6.72 Å². The van der Waals surface area contributed by atoms with Gasteiger partial charge in [0, 0.05) is 24.4 Å². The topological polar surface area (TPSA) is 48.2 Å². The molecule has 1 aromatic carbocycles. The fraction of sp³-hybridized carbons (Fsp3) is 0. The fourth-order valence-corrected chi connectivity index (χ4v) is 1.85. The van der Waals surface area contributed by atoms with E-state index in [1.54, 1.807) is 24.4 Å². The summed E-state index contributed by atoms with van der Waals surface area (Å²) >= 11 is 12.0. The minimum absolute atomic E-state index is 0.215. The van der Waals surface area contributed by atoms with Crippen LogP contribution in [0.4, 0.5) is 5.69 Å². The van der Waals surface area contributed by atoms with Gasteiger partial charge in [0.05, 0.1) is 10.0 Å². The van der Waals surface area contributed by atoms with E-state index in [1.165, 1.54) is 12.1 Å². The molecule has 0 amide bonds. The molecule has 0 atom stereocenters. The number of rotatable bonds is 3. The van der Waals surface area contributed by atoms with Crippen LogP contribution in [0.25, 0.3) is 0 Å². The number of aromatic nitrogens is 1. The van der Waals surface area contributed by atoms with Crippen LogP contribution < -0.4 is 4.74 Å². The van der Waals surface area contributed by atoms with Gasteiger partial charge in [-0.25, -0.2) is 4.98 Å². The average Bonchev–Trinajstić information content (AvgIpc) is 2.34. The third-order valence-corrected chi connectivity index (χ3v) is 2.68. The summed E-state index contributed by atoms with van der Waals surface area (Å²) in [5.74, 6) is 0.616. The first-order valence-electron chi connectivity index (χ1n) is 4.93. The highest BCUT2D eigenvalue weighted by molar-refractivity contribution is 6.37. The van der Waals surface area contributed by atoms with Crippen LogP contribution in [0.1, 0.15) is 0 Å². The van der Waals surface area contributed by atoms with Gasteiger partial charge in [0.15, 0.2) is 5.75 Å². The van der Waals surface area contributed by atoms with Crippen molar-refractivity contribution in [2.75, 3.05) is 0 Å². The van der Waals surface area contributed by atoms with Gasteiger partial charge < -0.3 is 9.94 Å². The highest BCUT2D eigenvalue weighted by Gasteiger charge is 2.14. The van der Waals surface area contributed by atoms with Gasteiger partial charge in [0.25, 0.3) is 0 Å². The maximum absolute atomic E-state index is 11.1. The molecule has 0 N–H and O–H groups in total. The molecular formula is C12H8Cl2N2O2. The molecule has 0 saturated carbocycles. The van der Waals surface area contributed by atoms with Gasteiger partial charge in [-0.3, -0.25) is 0 Å². The van der Waals surface area contributed by atoms with Crippen molar-refractivity contribution in [2.24, 2.45) is 0 Å². The van der Waals surface area contributed by atoms with Gasteiger partial charge in [-0.2, -0.15) is 4.74 Å². The lowest BCUT2D eigenvalue weighted by Crippen LogP contribution is -1.93. The molecule has 2 aromatic rings. The summed E-state index contributed by atoms with van der Waals surface area (Å²) in [5.41, 5.74) is 0.248. The molecule has 0 aliphatic heterocycles. The monoisotopic (exact) mass is 282 g/mol. The predicted octanol–water partition coefficient (Wildman–Crippen LogP) is 4.02. The van der Waals surface area contributed by atoms with Crippen molar-refractivity contribution >= 4 is 35.6 Å². The third-order valence-electron chi connectivity index (χ3n) is 2.12. The van der Waals surface area contributed by atoms with Crippen molar-refractivity contribution in [3.05, 3.63) is 51.8 Å². The standard InChI is InChI=1S/C12H8Cl2N2O2/c1-16(17)8-6-9(13)12(10(14)7-8)18-11-4-2-3-5-15-11/h2-7H,1H2. The van der Waals surface area contributed by atoms with Crippen LogP contribution >= 0.6 is 23.2 Å². The summed E-state index contributed by atoms with van der Waals surface area (Å²) in [6.07, 6.45) is 1.58. The highest BCUT2D eigenvalue weighted by Crippen LogP contribution is 2.38. The zero-order valence-electron chi connectivity index (χ0n) is 9.14. The lowest BCUT2D eigenvalue weighted by molar-refractivity contribution is -0.349. The van der Waals surface area contributed by atoms with E-state index in [0.29, 0.717) is 10.6 Å². The quantitative estimate of drug-likeness (QED) is 0.370. The predicted molar refractivity (Wildman–Crippen MR) is 71.2 cm³/mol. The van der Waals surface area contributed by atoms with Crippen molar-refractivity contribution in [3.63, 3.8) is 0 Å². The minimum Gasteiger partial charge on any atom is -0.619 e. The van der Waals surface area contributed by atoms with Crippen LogP contribution in [0.3, 0.4) is 0 Å². The molecule has 1 heterocycles. The summed E-state index contributed by atoms with van der Waals surface area (Å²) < 4.78 is 5.88. The molecule has 92 valence electrons. The van der Waals surface area contributed by atoms with Crippen LogP contribution in [0.15, 0.2) is 36.5 Å². The summed E-state index contributed by atoms with van der Waals surface area (Å²) in [6, 6.07) is 8.05. The Labute approximate surface area is 114 Å². The lowest BCUT2D eigenvalue weighted by Gasteiger charge is -2.09. The molecular weight excluding hydrogens is 275 g/mol.